The lowest BCUT2D eigenvalue weighted by Gasteiger charge is -2.39. The largest absolute Gasteiger partial charge is 0.338 e. The molecule has 0 N–H and O–H groups in total. The molecule has 2 aliphatic heterocycles. The van der Waals surface area contributed by atoms with E-state index in [1.165, 1.54) is 11.1 Å². The predicted molar refractivity (Wildman–Crippen MR) is 110 cm³/mol. The summed E-state index contributed by atoms with van der Waals surface area (Å²) in [6.07, 6.45) is 6.60. The number of hydrogen-bond acceptors (Lipinski definition) is 4. The second kappa shape index (κ2) is 8.00. The Morgan fingerprint density at radius 3 is 2.50 bits per heavy atom. The van der Waals surface area contributed by atoms with Crippen LogP contribution in [-0.4, -0.2) is 45.3 Å². The fourth-order valence-electron chi connectivity index (χ4n) is 4.61. The second-order valence-corrected chi connectivity index (χ2v) is 8.63. The zero-order chi connectivity index (χ0) is 19.6. The summed E-state index contributed by atoms with van der Waals surface area (Å²) in [6, 6.07) is 10.6. The van der Waals surface area contributed by atoms with E-state index in [1.54, 1.807) is 12.4 Å². The van der Waals surface area contributed by atoms with E-state index < -0.39 is 0 Å². The molecule has 0 radical (unpaired) electrons. The molecular weight excluding hydrogens is 348 g/mol. The molecule has 1 amide bonds. The van der Waals surface area contributed by atoms with Crippen LogP contribution in [0.3, 0.4) is 0 Å². The number of carbonyl (C=O) groups is 1. The molecule has 1 spiro atoms. The third-order valence-electron chi connectivity index (χ3n) is 6.26. The van der Waals surface area contributed by atoms with Crippen molar-refractivity contribution in [3.63, 3.8) is 0 Å². The Morgan fingerprint density at radius 2 is 1.79 bits per heavy atom. The third-order valence-corrected chi connectivity index (χ3v) is 6.26. The van der Waals surface area contributed by atoms with Crippen LogP contribution in [-0.2, 0) is 17.9 Å². The summed E-state index contributed by atoms with van der Waals surface area (Å²) in [5.41, 5.74) is 2.35. The van der Waals surface area contributed by atoms with Gasteiger partial charge in [0.1, 0.15) is 5.82 Å². The highest BCUT2D eigenvalue weighted by atomic mass is 16.2. The van der Waals surface area contributed by atoms with Gasteiger partial charge in [-0.25, -0.2) is 9.97 Å². The zero-order valence-electron chi connectivity index (χ0n) is 17.0. The molecule has 2 saturated heterocycles. The van der Waals surface area contributed by atoms with E-state index in [9.17, 15) is 4.79 Å². The SMILES string of the molecule is CC(C)c1ccc(CN2CCC[C@@]3(CCN(Cc4ncccn4)C3)C2=O)cc1. The maximum Gasteiger partial charge on any atom is 0.230 e. The number of nitrogens with zero attached hydrogens (tertiary/aromatic N) is 4. The average Bonchev–Trinajstić information content (AvgIpc) is 3.10. The van der Waals surface area contributed by atoms with Crippen molar-refractivity contribution in [3.05, 3.63) is 59.7 Å². The van der Waals surface area contributed by atoms with Crippen molar-refractivity contribution in [3.8, 4) is 0 Å². The lowest BCUT2D eigenvalue weighted by atomic mass is 9.78. The van der Waals surface area contributed by atoms with Gasteiger partial charge in [0, 0.05) is 32.0 Å². The molecule has 0 aliphatic carbocycles. The van der Waals surface area contributed by atoms with Gasteiger partial charge in [-0.15, -0.1) is 0 Å². The first-order valence-electron chi connectivity index (χ1n) is 10.4. The van der Waals surface area contributed by atoms with E-state index in [2.05, 4.69) is 57.9 Å². The van der Waals surface area contributed by atoms with Crippen molar-refractivity contribution in [1.29, 1.82) is 0 Å². The van der Waals surface area contributed by atoms with Gasteiger partial charge in [0.2, 0.25) is 5.91 Å². The topological polar surface area (TPSA) is 49.3 Å². The van der Waals surface area contributed by atoms with Gasteiger partial charge < -0.3 is 4.90 Å². The Bertz CT molecular complexity index is 805. The van der Waals surface area contributed by atoms with Crippen LogP contribution in [0.15, 0.2) is 42.7 Å². The monoisotopic (exact) mass is 378 g/mol. The van der Waals surface area contributed by atoms with Crippen molar-refractivity contribution in [2.45, 2.75) is 52.1 Å². The van der Waals surface area contributed by atoms with Gasteiger partial charge in [-0.3, -0.25) is 9.69 Å². The molecule has 2 aromatic rings. The molecule has 5 heteroatoms. The first-order valence-corrected chi connectivity index (χ1v) is 10.4. The van der Waals surface area contributed by atoms with Crippen LogP contribution < -0.4 is 0 Å². The molecule has 2 fully saturated rings. The molecule has 0 unspecified atom stereocenters. The third kappa shape index (κ3) is 3.95. The maximum atomic E-state index is 13.4. The zero-order valence-corrected chi connectivity index (χ0v) is 17.0. The fraction of sp³-hybridized carbons (Fsp3) is 0.522. The number of rotatable bonds is 5. The first-order chi connectivity index (χ1) is 13.6. The maximum absolute atomic E-state index is 13.4. The highest BCUT2D eigenvalue weighted by molar-refractivity contribution is 5.84. The standard InChI is InChI=1S/C23H30N4O/c1-18(2)20-7-5-19(6-8-20)15-27-13-3-9-23(22(27)28)10-14-26(17-23)16-21-24-11-4-12-25-21/h4-8,11-12,18H,3,9-10,13-17H2,1-2H3/t23-/m0/s1. The van der Waals surface area contributed by atoms with Crippen LogP contribution in [0.1, 0.15) is 56.0 Å². The minimum Gasteiger partial charge on any atom is -0.338 e. The van der Waals surface area contributed by atoms with Crippen molar-refractivity contribution in [1.82, 2.24) is 19.8 Å². The van der Waals surface area contributed by atoms with Crippen LogP contribution in [0.25, 0.3) is 0 Å². The summed E-state index contributed by atoms with van der Waals surface area (Å²) in [4.78, 5) is 26.5. The van der Waals surface area contributed by atoms with E-state index in [4.69, 9.17) is 0 Å². The van der Waals surface area contributed by atoms with E-state index >= 15 is 0 Å². The van der Waals surface area contributed by atoms with E-state index in [0.29, 0.717) is 11.8 Å². The number of amides is 1. The average molecular weight is 379 g/mol. The molecule has 148 valence electrons. The van der Waals surface area contributed by atoms with Crippen LogP contribution in [0, 0.1) is 5.41 Å². The number of likely N-dealkylation sites (tertiary alicyclic amines) is 2. The molecule has 1 aromatic heterocycles. The normalized spacial score (nSPS) is 23.1. The Morgan fingerprint density at radius 1 is 1.04 bits per heavy atom. The lowest BCUT2D eigenvalue weighted by Crippen LogP contribution is -2.49. The molecule has 1 aromatic carbocycles. The molecule has 1 atom stereocenters. The summed E-state index contributed by atoms with van der Waals surface area (Å²) in [5.74, 6) is 1.71. The van der Waals surface area contributed by atoms with Gasteiger partial charge in [0.05, 0.1) is 12.0 Å². The van der Waals surface area contributed by atoms with Crippen molar-refractivity contribution in [2.24, 2.45) is 5.41 Å². The van der Waals surface area contributed by atoms with Crippen molar-refractivity contribution < 1.29 is 4.79 Å². The number of hydrogen-bond donors (Lipinski definition) is 0. The summed E-state index contributed by atoms with van der Waals surface area (Å²) in [7, 11) is 0. The van der Waals surface area contributed by atoms with E-state index in [1.807, 2.05) is 6.07 Å². The van der Waals surface area contributed by atoms with Gasteiger partial charge in [-0.05, 0) is 48.9 Å². The van der Waals surface area contributed by atoms with Gasteiger partial charge in [0.15, 0.2) is 0 Å². The van der Waals surface area contributed by atoms with Crippen LogP contribution in [0.5, 0.6) is 0 Å². The number of carbonyl (C=O) groups excluding carboxylic acids is 1. The molecule has 2 aliphatic rings. The Kier molecular flexibility index (Phi) is 5.44. The summed E-state index contributed by atoms with van der Waals surface area (Å²) in [5, 5.41) is 0. The van der Waals surface area contributed by atoms with Crippen LogP contribution in [0.4, 0.5) is 0 Å². The van der Waals surface area contributed by atoms with E-state index in [0.717, 1.165) is 57.8 Å². The van der Waals surface area contributed by atoms with Crippen LogP contribution in [0.2, 0.25) is 0 Å². The van der Waals surface area contributed by atoms with Gasteiger partial charge >= 0.3 is 0 Å². The van der Waals surface area contributed by atoms with Crippen LogP contribution >= 0.6 is 0 Å². The lowest BCUT2D eigenvalue weighted by molar-refractivity contribution is -0.146. The molecule has 0 saturated carbocycles. The molecule has 28 heavy (non-hydrogen) atoms. The van der Waals surface area contributed by atoms with E-state index in [-0.39, 0.29) is 5.41 Å². The molecule has 0 bridgehead atoms. The smallest absolute Gasteiger partial charge is 0.230 e. The number of aromatic nitrogens is 2. The summed E-state index contributed by atoms with van der Waals surface area (Å²) in [6.45, 7) is 8.51. The minimum atomic E-state index is -0.217. The van der Waals surface area contributed by atoms with Gasteiger partial charge in [-0.2, -0.15) is 0 Å². The molecular formula is C23H30N4O. The number of piperidine rings is 1. The fourth-order valence-corrected chi connectivity index (χ4v) is 4.61. The first kappa shape index (κ1) is 19.1. The summed E-state index contributed by atoms with van der Waals surface area (Å²) < 4.78 is 0. The molecule has 5 nitrogen and oxygen atoms in total. The molecule has 4 rings (SSSR count). The highest BCUT2D eigenvalue weighted by Crippen LogP contribution is 2.40. The second-order valence-electron chi connectivity index (χ2n) is 8.63. The number of benzene rings is 1. The molecule has 3 heterocycles. The van der Waals surface area contributed by atoms with Crippen molar-refractivity contribution >= 4 is 5.91 Å². The van der Waals surface area contributed by atoms with Gasteiger partial charge in [0.25, 0.3) is 0 Å². The predicted octanol–water partition coefficient (Wildman–Crippen LogP) is 3.61. The van der Waals surface area contributed by atoms with Crippen molar-refractivity contribution in [2.75, 3.05) is 19.6 Å². The summed E-state index contributed by atoms with van der Waals surface area (Å²) >= 11 is 0. The minimum absolute atomic E-state index is 0.217. The quantitative estimate of drug-likeness (QED) is 0.797. The Labute approximate surface area is 167 Å². The Balaban J connectivity index is 1.41. The highest BCUT2D eigenvalue weighted by Gasteiger charge is 2.48. The Hall–Kier alpha value is -2.27. The van der Waals surface area contributed by atoms with Gasteiger partial charge in [-0.1, -0.05) is 38.1 Å².